The summed E-state index contributed by atoms with van der Waals surface area (Å²) in [7, 11) is 1.35. The molecular weight excluding hydrogens is 192 g/mol. The fourth-order valence-electron chi connectivity index (χ4n) is 1.39. The van der Waals surface area contributed by atoms with Crippen LogP contribution in [-0.2, 0) is 14.3 Å². The van der Waals surface area contributed by atoms with Crippen molar-refractivity contribution in [2.75, 3.05) is 7.11 Å². The number of benzene rings is 1. The van der Waals surface area contributed by atoms with E-state index >= 15 is 0 Å². The molecule has 0 unspecified atom stereocenters. The van der Waals surface area contributed by atoms with E-state index in [1.54, 1.807) is 0 Å². The van der Waals surface area contributed by atoms with Gasteiger partial charge in [-0.1, -0.05) is 30.3 Å². The van der Waals surface area contributed by atoms with Gasteiger partial charge < -0.3 is 9.53 Å². The zero-order valence-corrected chi connectivity index (χ0v) is 8.68. The van der Waals surface area contributed by atoms with Gasteiger partial charge in [-0.25, -0.2) is 0 Å². The Morgan fingerprint density at radius 3 is 2.60 bits per heavy atom. The van der Waals surface area contributed by atoms with Gasteiger partial charge in [-0.15, -0.1) is 0 Å². The van der Waals surface area contributed by atoms with E-state index in [1.165, 1.54) is 7.11 Å². The molecule has 0 saturated carbocycles. The third-order valence-electron chi connectivity index (χ3n) is 2.28. The van der Waals surface area contributed by atoms with Crippen LogP contribution in [0.1, 0.15) is 24.3 Å². The number of esters is 1. The molecule has 1 aromatic rings. The SMILES string of the molecule is COC(=O)CC[C@H](C=O)c1ccccc1. The first-order valence-corrected chi connectivity index (χ1v) is 4.85. The highest BCUT2D eigenvalue weighted by molar-refractivity contribution is 5.70. The number of carbonyl (C=O) groups excluding carboxylic acids is 2. The molecule has 0 aromatic heterocycles. The van der Waals surface area contributed by atoms with E-state index in [0.717, 1.165) is 11.8 Å². The topological polar surface area (TPSA) is 43.4 Å². The Bertz CT molecular complexity index is 319. The highest BCUT2D eigenvalue weighted by atomic mass is 16.5. The molecule has 15 heavy (non-hydrogen) atoms. The van der Waals surface area contributed by atoms with Gasteiger partial charge in [-0.05, 0) is 12.0 Å². The lowest BCUT2D eigenvalue weighted by molar-refractivity contribution is -0.140. The summed E-state index contributed by atoms with van der Waals surface area (Å²) in [5, 5.41) is 0. The average Bonchev–Trinajstić information content (AvgIpc) is 2.31. The van der Waals surface area contributed by atoms with Crippen LogP contribution in [0.4, 0.5) is 0 Å². The summed E-state index contributed by atoms with van der Waals surface area (Å²) < 4.78 is 4.53. The van der Waals surface area contributed by atoms with Crippen molar-refractivity contribution in [3.8, 4) is 0 Å². The van der Waals surface area contributed by atoms with Gasteiger partial charge in [0, 0.05) is 12.3 Å². The number of ether oxygens (including phenoxy) is 1. The maximum absolute atomic E-state index is 10.9. The Hall–Kier alpha value is -1.64. The van der Waals surface area contributed by atoms with Crippen molar-refractivity contribution in [3.63, 3.8) is 0 Å². The number of hydrogen-bond donors (Lipinski definition) is 0. The summed E-state index contributed by atoms with van der Waals surface area (Å²) in [6.07, 6.45) is 1.65. The molecule has 3 heteroatoms. The largest absolute Gasteiger partial charge is 0.469 e. The highest BCUT2D eigenvalue weighted by Gasteiger charge is 2.12. The molecule has 0 N–H and O–H groups in total. The second kappa shape index (κ2) is 5.96. The van der Waals surface area contributed by atoms with Gasteiger partial charge in [0.15, 0.2) is 0 Å². The molecule has 0 aliphatic heterocycles. The monoisotopic (exact) mass is 206 g/mol. The summed E-state index contributed by atoms with van der Waals surface area (Å²) in [5.74, 6) is -0.497. The highest BCUT2D eigenvalue weighted by Crippen LogP contribution is 2.18. The lowest BCUT2D eigenvalue weighted by atomic mass is 9.96. The maximum atomic E-state index is 10.9. The summed E-state index contributed by atoms with van der Waals surface area (Å²) in [5.41, 5.74) is 0.941. The summed E-state index contributed by atoms with van der Waals surface area (Å²) >= 11 is 0. The van der Waals surface area contributed by atoms with Gasteiger partial charge in [0.2, 0.25) is 0 Å². The van der Waals surface area contributed by atoms with Crippen molar-refractivity contribution in [1.82, 2.24) is 0 Å². The molecule has 1 atom stereocenters. The molecule has 0 heterocycles. The number of hydrogen-bond acceptors (Lipinski definition) is 3. The molecule has 0 saturated heterocycles. The maximum Gasteiger partial charge on any atom is 0.305 e. The van der Waals surface area contributed by atoms with Gasteiger partial charge >= 0.3 is 5.97 Å². The molecule has 3 nitrogen and oxygen atoms in total. The average molecular weight is 206 g/mol. The Morgan fingerprint density at radius 1 is 1.40 bits per heavy atom. The predicted molar refractivity (Wildman–Crippen MR) is 56.5 cm³/mol. The first kappa shape index (κ1) is 11.4. The molecule has 0 radical (unpaired) electrons. The first-order chi connectivity index (χ1) is 7.27. The minimum atomic E-state index is -0.280. The van der Waals surface area contributed by atoms with Crippen LogP contribution >= 0.6 is 0 Å². The van der Waals surface area contributed by atoms with Crippen LogP contribution in [0, 0.1) is 0 Å². The van der Waals surface area contributed by atoms with Crippen molar-refractivity contribution >= 4 is 12.3 Å². The Morgan fingerprint density at radius 2 is 2.07 bits per heavy atom. The van der Waals surface area contributed by atoms with E-state index in [2.05, 4.69) is 4.74 Å². The van der Waals surface area contributed by atoms with E-state index < -0.39 is 0 Å². The molecule has 0 bridgehead atoms. The molecule has 0 fully saturated rings. The van der Waals surface area contributed by atoms with Crippen LogP contribution in [0.3, 0.4) is 0 Å². The minimum Gasteiger partial charge on any atom is -0.469 e. The number of methoxy groups -OCH3 is 1. The summed E-state index contributed by atoms with van der Waals surface area (Å²) in [6, 6.07) is 9.42. The predicted octanol–water partition coefficient (Wildman–Crippen LogP) is 1.92. The fourth-order valence-corrected chi connectivity index (χ4v) is 1.39. The van der Waals surface area contributed by atoms with E-state index in [1.807, 2.05) is 30.3 Å². The number of rotatable bonds is 5. The van der Waals surface area contributed by atoms with Crippen molar-refractivity contribution < 1.29 is 14.3 Å². The van der Waals surface area contributed by atoms with Crippen LogP contribution in [0.2, 0.25) is 0 Å². The van der Waals surface area contributed by atoms with E-state index in [-0.39, 0.29) is 18.3 Å². The standard InChI is InChI=1S/C12H14O3/c1-15-12(14)8-7-11(9-13)10-5-3-2-4-6-10/h2-6,9,11H,7-8H2,1H3/t11-/m1/s1. The zero-order chi connectivity index (χ0) is 11.1. The van der Waals surface area contributed by atoms with Crippen molar-refractivity contribution in [1.29, 1.82) is 0 Å². The van der Waals surface area contributed by atoms with Crippen molar-refractivity contribution in [3.05, 3.63) is 35.9 Å². The van der Waals surface area contributed by atoms with Crippen LogP contribution < -0.4 is 0 Å². The third-order valence-corrected chi connectivity index (χ3v) is 2.28. The summed E-state index contributed by atoms with van der Waals surface area (Å²) in [4.78, 5) is 21.8. The lowest BCUT2D eigenvalue weighted by Gasteiger charge is -2.09. The molecule has 0 spiro atoms. The third kappa shape index (κ3) is 3.54. The van der Waals surface area contributed by atoms with Crippen molar-refractivity contribution in [2.24, 2.45) is 0 Å². The number of aldehydes is 1. The molecule has 0 amide bonds. The van der Waals surface area contributed by atoms with Gasteiger partial charge in [-0.3, -0.25) is 4.79 Å². The normalized spacial score (nSPS) is 11.8. The molecule has 0 aliphatic carbocycles. The van der Waals surface area contributed by atoms with Crippen molar-refractivity contribution in [2.45, 2.75) is 18.8 Å². The van der Waals surface area contributed by atoms with E-state index in [0.29, 0.717) is 6.42 Å². The van der Waals surface area contributed by atoms with Crippen LogP contribution in [-0.4, -0.2) is 19.4 Å². The lowest BCUT2D eigenvalue weighted by Crippen LogP contribution is -2.06. The first-order valence-electron chi connectivity index (χ1n) is 4.85. The van der Waals surface area contributed by atoms with Gasteiger partial charge in [0.25, 0.3) is 0 Å². The van der Waals surface area contributed by atoms with E-state index in [4.69, 9.17) is 0 Å². The minimum absolute atomic E-state index is 0.217. The second-order valence-electron chi connectivity index (χ2n) is 3.27. The Balaban J connectivity index is 2.57. The van der Waals surface area contributed by atoms with Crippen LogP contribution in [0.5, 0.6) is 0 Å². The summed E-state index contributed by atoms with van der Waals surface area (Å²) in [6.45, 7) is 0. The molecule has 1 rings (SSSR count). The molecular formula is C12H14O3. The smallest absolute Gasteiger partial charge is 0.305 e. The number of carbonyl (C=O) groups is 2. The molecule has 1 aromatic carbocycles. The fraction of sp³-hybridized carbons (Fsp3) is 0.333. The molecule has 80 valence electrons. The molecule has 0 aliphatic rings. The van der Waals surface area contributed by atoms with Gasteiger partial charge in [0.05, 0.1) is 7.11 Å². The van der Waals surface area contributed by atoms with Gasteiger partial charge in [0.1, 0.15) is 6.29 Å². The quantitative estimate of drug-likeness (QED) is 0.546. The zero-order valence-electron chi connectivity index (χ0n) is 8.68. The van der Waals surface area contributed by atoms with Gasteiger partial charge in [-0.2, -0.15) is 0 Å². The Labute approximate surface area is 89.1 Å². The second-order valence-corrected chi connectivity index (χ2v) is 3.27. The van der Waals surface area contributed by atoms with E-state index in [9.17, 15) is 9.59 Å². The van der Waals surface area contributed by atoms with Crippen LogP contribution in [0.25, 0.3) is 0 Å². The Kier molecular flexibility index (Phi) is 4.54. The van der Waals surface area contributed by atoms with Crippen LogP contribution in [0.15, 0.2) is 30.3 Å².